The number of aliphatic hydroxyl groups is 1. The van der Waals surface area contributed by atoms with E-state index >= 15 is 0 Å². The predicted molar refractivity (Wildman–Crippen MR) is 55.1 cm³/mol. The molecule has 2 atom stereocenters. The van der Waals surface area contributed by atoms with Crippen LogP contribution in [0.25, 0.3) is 0 Å². The van der Waals surface area contributed by atoms with Gasteiger partial charge in [-0.05, 0) is 18.1 Å². The Balaban J connectivity index is 2.29. The van der Waals surface area contributed by atoms with Crippen LogP contribution in [-0.4, -0.2) is 22.3 Å². The highest BCUT2D eigenvalue weighted by molar-refractivity contribution is 6.31. The van der Waals surface area contributed by atoms with Crippen LogP contribution in [0.5, 0.6) is 0 Å². The van der Waals surface area contributed by atoms with Crippen molar-refractivity contribution in [2.24, 2.45) is 0 Å². The van der Waals surface area contributed by atoms with Crippen molar-refractivity contribution in [2.75, 3.05) is 0 Å². The largest absolute Gasteiger partial charge is 0.465 e. The molecule has 0 radical (unpaired) electrons. The second-order valence-electron chi connectivity index (χ2n) is 3.52. The molecule has 0 aliphatic heterocycles. The number of carbonyl (C=O) groups is 1. The molecule has 4 nitrogen and oxygen atoms in total. The third-order valence-electron chi connectivity index (χ3n) is 2.57. The van der Waals surface area contributed by atoms with Crippen LogP contribution in [0.1, 0.15) is 17.2 Å². The Labute approximate surface area is 91.5 Å². The number of amides is 1. The number of carboxylic acid groups (broad SMARTS) is 1. The zero-order chi connectivity index (χ0) is 11.0. The summed E-state index contributed by atoms with van der Waals surface area (Å²) in [5.41, 5.74) is 1.53. The standard InChI is InChI=1S/C10H10ClNO3/c11-6-3-1-2-5-4-7(12-10(14)15)9(13)8(5)6/h1-3,7,9,12-13H,4H2,(H,14,15)/t7-,9+/m0/s1. The zero-order valence-corrected chi connectivity index (χ0v) is 8.53. The van der Waals surface area contributed by atoms with Gasteiger partial charge in [-0.15, -0.1) is 0 Å². The SMILES string of the molecule is O=C(O)N[C@H]1Cc2cccc(Cl)c2[C@@H]1O. The number of halogens is 1. The van der Waals surface area contributed by atoms with Gasteiger partial charge in [-0.3, -0.25) is 0 Å². The van der Waals surface area contributed by atoms with E-state index in [9.17, 15) is 9.90 Å². The van der Waals surface area contributed by atoms with Gasteiger partial charge >= 0.3 is 6.09 Å². The lowest BCUT2D eigenvalue weighted by molar-refractivity contribution is 0.131. The van der Waals surface area contributed by atoms with Crippen LogP contribution >= 0.6 is 11.6 Å². The summed E-state index contributed by atoms with van der Waals surface area (Å²) in [6.07, 6.45) is -1.52. The monoisotopic (exact) mass is 227 g/mol. The maximum atomic E-state index is 10.5. The summed E-state index contributed by atoms with van der Waals surface area (Å²) in [4.78, 5) is 10.5. The lowest BCUT2D eigenvalue weighted by Gasteiger charge is -2.14. The van der Waals surface area contributed by atoms with E-state index in [1.54, 1.807) is 12.1 Å². The van der Waals surface area contributed by atoms with E-state index in [4.69, 9.17) is 16.7 Å². The number of aliphatic hydroxyl groups excluding tert-OH is 1. The molecule has 0 aromatic heterocycles. The summed E-state index contributed by atoms with van der Waals surface area (Å²) in [7, 11) is 0. The molecule has 0 saturated heterocycles. The summed E-state index contributed by atoms with van der Waals surface area (Å²) < 4.78 is 0. The predicted octanol–water partition coefficient (Wildman–Crippen LogP) is 1.57. The number of fused-ring (bicyclic) bond motifs is 1. The number of benzene rings is 1. The van der Waals surface area contributed by atoms with E-state index in [1.165, 1.54) is 0 Å². The lowest BCUT2D eigenvalue weighted by atomic mass is 10.1. The second-order valence-corrected chi connectivity index (χ2v) is 3.92. The summed E-state index contributed by atoms with van der Waals surface area (Å²) in [5, 5.41) is 21.2. The van der Waals surface area contributed by atoms with E-state index in [0.29, 0.717) is 17.0 Å². The Morgan fingerprint density at radius 3 is 2.87 bits per heavy atom. The topological polar surface area (TPSA) is 69.6 Å². The van der Waals surface area contributed by atoms with Crippen LogP contribution in [0.3, 0.4) is 0 Å². The number of hydrogen-bond acceptors (Lipinski definition) is 2. The van der Waals surface area contributed by atoms with Gasteiger partial charge in [0.05, 0.1) is 6.04 Å². The Morgan fingerprint density at radius 1 is 1.53 bits per heavy atom. The molecule has 1 aromatic rings. The normalized spacial score (nSPS) is 23.6. The second kappa shape index (κ2) is 3.72. The molecule has 0 bridgehead atoms. The van der Waals surface area contributed by atoms with E-state index in [2.05, 4.69) is 5.32 Å². The molecule has 1 aromatic carbocycles. The number of rotatable bonds is 1. The molecular weight excluding hydrogens is 218 g/mol. The van der Waals surface area contributed by atoms with Gasteiger partial charge in [0.25, 0.3) is 0 Å². The average molecular weight is 228 g/mol. The minimum atomic E-state index is -1.14. The minimum Gasteiger partial charge on any atom is -0.465 e. The molecule has 0 saturated carbocycles. The summed E-state index contributed by atoms with van der Waals surface area (Å²) in [6.45, 7) is 0. The highest BCUT2D eigenvalue weighted by Gasteiger charge is 2.33. The van der Waals surface area contributed by atoms with Crippen LogP contribution in [0, 0.1) is 0 Å². The van der Waals surface area contributed by atoms with E-state index < -0.39 is 18.2 Å². The molecule has 0 spiro atoms. The van der Waals surface area contributed by atoms with Crippen molar-refractivity contribution >= 4 is 17.7 Å². The smallest absolute Gasteiger partial charge is 0.404 e. The Morgan fingerprint density at radius 2 is 2.27 bits per heavy atom. The van der Waals surface area contributed by atoms with Crippen molar-refractivity contribution in [3.63, 3.8) is 0 Å². The van der Waals surface area contributed by atoms with Gasteiger partial charge in [0.1, 0.15) is 6.10 Å². The van der Waals surface area contributed by atoms with Gasteiger partial charge in [-0.25, -0.2) is 4.79 Å². The Kier molecular flexibility index (Phi) is 2.54. The van der Waals surface area contributed by atoms with Gasteiger partial charge < -0.3 is 15.5 Å². The summed E-state index contributed by atoms with van der Waals surface area (Å²) in [6, 6.07) is 4.81. The average Bonchev–Trinajstić information content (AvgIpc) is 2.44. The maximum Gasteiger partial charge on any atom is 0.404 e. The van der Waals surface area contributed by atoms with Crippen LogP contribution in [-0.2, 0) is 6.42 Å². The van der Waals surface area contributed by atoms with E-state index in [1.807, 2.05) is 6.07 Å². The highest BCUT2D eigenvalue weighted by atomic mass is 35.5. The zero-order valence-electron chi connectivity index (χ0n) is 7.77. The first-order valence-electron chi connectivity index (χ1n) is 4.54. The molecule has 80 valence electrons. The van der Waals surface area contributed by atoms with Crippen LogP contribution in [0.15, 0.2) is 18.2 Å². The number of hydrogen-bond donors (Lipinski definition) is 3. The van der Waals surface area contributed by atoms with Gasteiger partial charge in [0.2, 0.25) is 0 Å². The molecule has 0 unspecified atom stereocenters. The fourth-order valence-electron chi connectivity index (χ4n) is 1.93. The van der Waals surface area contributed by atoms with Crippen molar-refractivity contribution in [1.82, 2.24) is 5.32 Å². The molecule has 1 amide bonds. The number of nitrogens with one attached hydrogen (secondary N) is 1. The molecule has 1 aliphatic carbocycles. The molecule has 2 rings (SSSR count). The molecular formula is C10H10ClNO3. The molecule has 1 aliphatic rings. The first-order chi connectivity index (χ1) is 7.09. The quantitative estimate of drug-likeness (QED) is 0.682. The highest BCUT2D eigenvalue weighted by Crippen LogP contribution is 2.36. The fraction of sp³-hybridized carbons (Fsp3) is 0.300. The first-order valence-corrected chi connectivity index (χ1v) is 4.92. The van der Waals surface area contributed by atoms with Crippen molar-refractivity contribution in [1.29, 1.82) is 0 Å². The summed E-state index contributed by atoms with van der Waals surface area (Å²) in [5.74, 6) is 0. The lowest BCUT2D eigenvalue weighted by Crippen LogP contribution is -2.36. The van der Waals surface area contributed by atoms with E-state index in [-0.39, 0.29) is 0 Å². The van der Waals surface area contributed by atoms with Crippen molar-refractivity contribution < 1.29 is 15.0 Å². The third-order valence-corrected chi connectivity index (χ3v) is 2.90. The van der Waals surface area contributed by atoms with Gasteiger partial charge in [-0.1, -0.05) is 23.7 Å². The molecule has 0 heterocycles. The maximum absolute atomic E-state index is 10.5. The summed E-state index contributed by atoms with van der Waals surface area (Å²) >= 11 is 5.93. The van der Waals surface area contributed by atoms with Crippen LogP contribution in [0.4, 0.5) is 4.79 Å². The van der Waals surface area contributed by atoms with Gasteiger partial charge in [0, 0.05) is 10.6 Å². The molecule has 15 heavy (non-hydrogen) atoms. The van der Waals surface area contributed by atoms with Crippen LogP contribution < -0.4 is 5.32 Å². The molecule has 0 fully saturated rings. The first kappa shape index (κ1) is 10.3. The van der Waals surface area contributed by atoms with Crippen molar-refractivity contribution in [3.05, 3.63) is 34.3 Å². The molecule has 3 N–H and O–H groups in total. The minimum absolute atomic E-state index is 0.476. The van der Waals surface area contributed by atoms with E-state index in [0.717, 1.165) is 5.56 Å². The fourth-order valence-corrected chi connectivity index (χ4v) is 2.24. The van der Waals surface area contributed by atoms with Crippen molar-refractivity contribution in [2.45, 2.75) is 18.6 Å². The Hall–Kier alpha value is -1.26. The van der Waals surface area contributed by atoms with Gasteiger partial charge in [0.15, 0.2) is 0 Å². The van der Waals surface area contributed by atoms with Gasteiger partial charge in [-0.2, -0.15) is 0 Å². The van der Waals surface area contributed by atoms with Crippen molar-refractivity contribution in [3.8, 4) is 0 Å². The molecule has 5 heteroatoms. The Bertz CT molecular complexity index is 408. The third kappa shape index (κ3) is 1.78. The van der Waals surface area contributed by atoms with Crippen LogP contribution in [0.2, 0.25) is 5.02 Å².